The SMILES string of the molecule is Cc1ccc(C(=O)Nc2ccc(S(=O)(=O)Cl)cc2Cl)cn1. The molecule has 8 heteroatoms. The number of nitrogens with one attached hydrogen (secondary N) is 1. The van der Waals surface area contributed by atoms with Crippen LogP contribution in [0.5, 0.6) is 0 Å². The van der Waals surface area contributed by atoms with Crippen LogP contribution in [-0.4, -0.2) is 19.3 Å². The van der Waals surface area contributed by atoms with Gasteiger partial charge in [0, 0.05) is 22.6 Å². The number of pyridine rings is 1. The predicted octanol–water partition coefficient (Wildman–Crippen LogP) is 3.22. The Hall–Kier alpha value is -1.63. The maximum Gasteiger partial charge on any atom is 0.261 e. The molecule has 0 fully saturated rings. The Balaban J connectivity index is 2.24. The molecule has 0 aliphatic rings. The largest absolute Gasteiger partial charge is 0.321 e. The van der Waals surface area contributed by atoms with Crippen molar-refractivity contribution in [2.24, 2.45) is 0 Å². The number of anilines is 1. The van der Waals surface area contributed by atoms with Gasteiger partial charge in [-0.3, -0.25) is 9.78 Å². The Morgan fingerprint density at radius 3 is 2.48 bits per heavy atom. The standard InChI is InChI=1S/C13H10Cl2N2O3S/c1-8-2-3-9(7-16-8)13(18)17-12-5-4-10(6-11(12)14)21(15,19)20/h2-7H,1H3,(H,17,18). The number of aryl methyl sites for hydroxylation is 1. The molecule has 1 N–H and O–H groups in total. The Morgan fingerprint density at radius 2 is 1.95 bits per heavy atom. The number of aromatic nitrogens is 1. The summed E-state index contributed by atoms with van der Waals surface area (Å²) in [4.78, 5) is 15.9. The number of hydrogen-bond donors (Lipinski definition) is 1. The molecular formula is C13H10Cl2N2O3S. The minimum Gasteiger partial charge on any atom is -0.321 e. The van der Waals surface area contributed by atoms with Gasteiger partial charge in [-0.1, -0.05) is 11.6 Å². The third-order valence-corrected chi connectivity index (χ3v) is 4.31. The van der Waals surface area contributed by atoms with Gasteiger partial charge in [0.1, 0.15) is 0 Å². The second kappa shape index (κ2) is 6.01. The average molecular weight is 345 g/mol. The first-order valence-electron chi connectivity index (χ1n) is 5.75. The van der Waals surface area contributed by atoms with Crippen molar-refractivity contribution in [3.63, 3.8) is 0 Å². The molecule has 0 bridgehead atoms. The second-order valence-electron chi connectivity index (χ2n) is 4.22. The van der Waals surface area contributed by atoms with Crippen LogP contribution in [0, 0.1) is 6.92 Å². The van der Waals surface area contributed by atoms with E-state index in [0.29, 0.717) is 5.56 Å². The van der Waals surface area contributed by atoms with Crippen molar-refractivity contribution in [2.45, 2.75) is 11.8 Å². The van der Waals surface area contributed by atoms with Crippen molar-refractivity contribution in [3.05, 3.63) is 52.8 Å². The highest BCUT2D eigenvalue weighted by atomic mass is 35.7. The molecular weight excluding hydrogens is 335 g/mol. The zero-order chi connectivity index (χ0) is 15.6. The van der Waals surface area contributed by atoms with E-state index >= 15 is 0 Å². The summed E-state index contributed by atoms with van der Waals surface area (Å²) in [5.74, 6) is -0.397. The van der Waals surface area contributed by atoms with Crippen LogP contribution in [0.4, 0.5) is 5.69 Å². The predicted molar refractivity (Wildman–Crippen MR) is 81.4 cm³/mol. The number of rotatable bonds is 3. The molecule has 1 amide bonds. The number of amides is 1. The van der Waals surface area contributed by atoms with Crippen LogP contribution < -0.4 is 5.32 Å². The molecule has 5 nitrogen and oxygen atoms in total. The van der Waals surface area contributed by atoms with Crippen molar-refractivity contribution < 1.29 is 13.2 Å². The van der Waals surface area contributed by atoms with Gasteiger partial charge in [0.2, 0.25) is 0 Å². The highest BCUT2D eigenvalue weighted by Gasteiger charge is 2.14. The Kier molecular flexibility index (Phi) is 4.51. The van der Waals surface area contributed by atoms with E-state index in [1.807, 2.05) is 6.92 Å². The quantitative estimate of drug-likeness (QED) is 0.867. The maximum atomic E-state index is 12.0. The summed E-state index contributed by atoms with van der Waals surface area (Å²) in [6.07, 6.45) is 1.44. The Morgan fingerprint density at radius 1 is 1.24 bits per heavy atom. The molecule has 0 aliphatic heterocycles. The molecule has 1 aromatic carbocycles. The molecule has 110 valence electrons. The molecule has 2 aromatic rings. The summed E-state index contributed by atoms with van der Waals surface area (Å²) in [6, 6.07) is 7.14. The molecule has 1 heterocycles. The fourth-order valence-electron chi connectivity index (χ4n) is 1.55. The van der Waals surface area contributed by atoms with Crippen LogP contribution in [0.25, 0.3) is 0 Å². The van der Waals surface area contributed by atoms with Crippen molar-refractivity contribution in [1.29, 1.82) is 0 Å². The van der Waals surface area contributed by atoms with Crippen LogP contribution in [0.15, 0.2) is 41.4 Å². The van der Waals surface area contributed by atoms with Gasteiger partial charge in [-0.25, -0.2) is 8.42 Å². The minimum atomic E-state index is -3.86. The molecule has 0 atom stereocenters. The van der Waals surface area contributed by atoms with Crippen molar-refractivity contribution in [2.75, 3.05) is 5.32 Å². The molecule has 0 spiro atoms. The van der Waals surface area contributed by atoms with E-state index in [2.05, 4.69) is 10.3 Å². The lowest BCUT2D eigenvalue weighted by atomic mass is 10.2. The molecule has 0 saturated carbocycles. The normalized spacial score (nSPS) is 11.2. The van der Waals surface area contributed by atoms with Crippen LogP contribution in [0.1, 0.15) is 16.1 Å². The molecule has 0 unspecified atom stereocenters. The molecule has 21 heavy (non-hydrogen) atoms. The molecule has 0 aliphatic carbocycles. The summed E-state index contributed by atoms with van der Waals surface area (Å²) in [5, 5.41) is 2.65. The molecule has 2 rings (SSSR count). The van der Waals surface area contributed by atoms with E-state index in [1.165, 1.54) is 24.4 Å². The van der Waals surface area contributed by atoms with Gasteiger partial charge in [0.05, 0.1) is 21.2 Å². The van der Waals surface area contributed by atoms with Crippen LogP contribution >= 0.6 is 22.3 Å². The maximum absolute atomic E-state index is 12.0. The van der Waals surface area contributed by atoms with Gasteiger partial charge in [-0.2, -0.15) is 0 Å². The number of carbonyl (C=O) groups excluding carboxylic acids is 1. The monoisotopic (exact) mass is 344 g/mol. The van der Waals surface area contributed by atoms with Gasteiger partial charge in [-0.05, 0) is 37.3 Å². The third kappa shape index (κ3) is 3.93. The Bertz CT molecular complexity index is 790. The molecule has 0 radical (unpaired) electrons. The highest BCUT2D eigenvalue weighted by Crippen LogP contribution is 2.27. The molecule has 0 saturated heterocycles. The lowest BCUT2D eigenvalue weighted by Crippen LogP contribution is -2.12. The van der Waals surface area contributed by atoms with Crippen molar-refractivity contribution >= 4 is 42.9 Å². The van der Waals surface area contributed by atoms with E-state index < -0.39 is 15.0 Å². The first-order valence-corrected chi connectivity index (χ1v) is 8.44. The third-order valence-electron chi connectivity index (χ3n) is 2.64. The number of hydrogen-bond acceptors (Lipinski definition) is 4. The number of halogens is 2. The number of nitrogens with zero attached hydrogens (tertiary/aromatic N) is 1. The lowest BCUT2D eigenvalue weighted by molar-refractivity contribution is 0.102. The van der Waals surface area contributed by atoms with E-state index in [0.717, 1.165) is 5.69 Å². The first-order chi connectivity index (χ1) is 9.77. The lowest BCUT2D eigenvalue weighted by Gasteiger charge is -2.08. The Labute approximate surface area is 131 Å². The van der Waals surface area contributed by atoms with E-state index in [9.17, 15) is 13.2 Å². The fourth-order valence-corrected chi connectivity index (χ4v) is 2.62. The van der Waals surface area contributed by atoms with Gasteiger partial charge in [0.25, 0.3) is 15.0 Å². The van der Waals surface area contributed by atoms with Crippen LogP contribution in [0.3, 0.4) is 0 Å². The van der Waals surface area contributed by atoms with Gasteiger partial charge in [-0.15, -0.1) is 0 Å². The van der Waals surface area contributed by atoms with Gasteiger partial charge >= 0.3 is 0 Å². The summed E-state index contributed by atoms with van der Waals surface area (Å²) >= 11 is 5.94. The number of benzene rings is 1. The van der Waals surface area contributed by atoms with Gasteiger partial charge < -0.3 is 5.32 Å². The summed E-state index contributed by atoms with van der Waals surface area (Å²) in [7, 11) is 1.35. The number of carbonyl (C=O) groups is 1. The first kappa shape index (κ1) is 15.8. The zero-order valence-corrected chi connectivity index (χ0v) is 13.1. The topological polar surface area (TPSA) is 76.1 Å². The summed E-state index contributed by atoms with van der Waals surface area (Å²) < 4.78 is 22.4. The fraction of sp³-hybridized carbons (Fsp3) is 0.0769. The van der Waals surface area contributed by atoms with E-state index in [4.69, 9.17) is 22.3 Å². The summed E-state index contributed by atoms with van der Waals surface area (Å²) in [5.41, 5.74) is 1.44. The molecule has 1 aromatic heterocycles. The smallest absolute Gasteiger partial charge is 0.261 e. The average Bonchev–Trinajstić information content (AvgIpc) is 2.40. The zero-order valence-electron chi connectivity index (χ0n) is 10.8. The van der Waals surface area contributed by atoms with Crippen molar-refractivity contribution in [1.82, 2.24) is 4.98 Å². The highest BCUT2D eigenvalue weighted by molar-refractivity contribution is 8.13. The minimum absolute atomic E-state index is 0.0742. The van der Waals surface area contributed by atoms with Crippen LogP contribution in [-0.2, 0) is 9.05 Å². The van der Waals surface area contributed by atoms with E-state index in [-0.39, 0.29) is 15.6 Å². The summed E-state index contributed by atoms with van der Waals surface area (Å²) in [6.45, 7) is 1.81. The van der Waals surface area contributed by atoms with Crippen molar-refractivity contribution in [3.8, 4) is 0 Å². The van der Waals surface area contributed by atoms with E-state index in [1.54, 1.807) is 12.1 Å². The van der Waals surface area contributed by atoms with Crippen LogP contribution in [0.2, 0.25) is 5.02 Å². The van der Waals surface area contributed by atoms with Gasteiger partial charge in [0.15, 0.2) is 0 Å². The second-order valence-corrected chi connectivity index (χ2v) is 7.20.